The molecular formula is C12H19FN2O. The Labute approximate surface area is 95.8 Å². The van der Waals surface area contributed by atoms with Gasteiger partial charge in [0, 0.05) is 5.56 Å². The third-order valence-electron chi connectivity index (χ3n) is 2.56. The van der Waals surface area contributed by atoms with Crippen LogP contribution in [0, 0.1) is 11.2 Å². The summed E-state index contributed by atoms with van der Waals surface area (Å²) in [7, 11) is 1.45. The summed E-state index contributed by atoms with van der Waals surface area (Å²) in [6, 6.07) is 4.80. The largest absolute Gasteiger partial charge is 0.494 e. The van der Waals surface area contributed by atoms with Crippen LogP contribution in [0.4, 0.5) is 4.39 Å². The first-order valence-electron chi connectivity index (χ1n) is 5.20. The maximum absolute atomic E-state index is 14.0. The van der Waals surface area contributed by atoms with E-state index in [-0.39, 0.29) is 23.0 Å². The van der Waals surface area contributed by atoms with Crippen LogP contribution in [-0.2, 0) is 0 Å². The van der Waals surface area contributed by atoms with Gasteiger partial charge < -0.3 is 4.74 Å². The fraction of sp³-hybridized carbons (Fsp3) is 0.500. The Morgan fingerprint density at radius 1 is 1.38 bits per heavy atom. The average molecular weight is 226 g/mol. The molecule has 16 heavy (non-hydrogen) atoms. The second kappa shape index (κ2) is 4.80. The fourth-order valence-electron chi connectivity index (χ4n) is 1.71. The minimum absolute atomic E-state index is 0.179. The minimum atomic E-state index is -0.358. The lowest BCUT2D eigenvalue weighted by Crippen LogP contribution is -2.37. The molecule has 0 saturated carbocycles. The van der Waals surface area contributed by atoms with E-state index in [0.717, 1.165) is 0 Å². The molecule has 1 atom stereocenters. The summed E-state index contributed by atoms with van der Waals surface area (Å²) in [5.74, 6) is 5.37. The van der Waals surface area contributed by atoms with Gasteiger partial charge in [-0.2, -0.15) is 0 Å². The van der Waals surface area contributed by atoms with Crippen molar-refractivity contribution >= 4 is 0 Å². The summed E-state index contributed by atoms with van der Waals surface area (Å²) in [6.45, 7) is 5.99. The number of benzene rings is 1. The van der Waals surface area contributed by atoms with E-state index < -0.39 is 0 Å². The number of ether oxygens (including phenoxy) is 1. The summed E-state index contributed by atoms with van der Waals surface area (Å²) < 4.78 is 19.0. The van der Waals surface area contributed by atoms with Crippen LogP contribution in [0.15, 0.2) is 18.2 Å². The van der Waals surface area contributed by atoms with Gasteiger partial charge in [-0.05, 0) is 11.5 Å². The topological polar surface area (TPSA) is 47.3 Å². The fourth-order valence-corrected chi connectivity index (χ4v) is 1.71. The molecule has 4 heteroatoms. The number of hydrogen-bond donors (Lipinski definition) is 2. The number of rotatable bonds is 3. The second-order valence-corrected chi connectivity index (χ2v) is 4.83. The van der Waals surface area contributed by atoms with Crippen molar-refractivity contribution in [2.45, 2.75) is 26.8 Å². The van der Waals surface area contributed by atoms with Crippen molar-refractivity contribution < 1.29 is 9.13 Å². The molecule has 0 radical (unpaired) electrons. The quantitative estimate of drug-likeness (QED) is 0.614. The zero-order valence-corrected chi connectivity index (χ0v) is 10.2. The molecule has 1 aromatic carbocycles. The SMILES string of the molecule is COc1cccc(C(NN)C(C)(C)C)c1F. The lowest BCUT2D eigenvalue weighted by molar-refractivity contribution is 0.266. The maximum atomic E-state index is 14.0. The van der Waals surface area contributed by atoms with Crippen molar-refractivity contribution in [3.63, 3.8) is 0 Å². The Hall–Kier alpha value is -1.13. The van der Waals surface area contributed by atoms with E-state index in [9.17, 15) is 4.39 Å². The first kappa shape index (κ1) is 12.9. The number of hydrogen-bond acceptors (Lipinski definition) is 3. The van der Waals surface area contributed by atoms with Crippen molar-refractivity contribution in [2.75, 3.05) is 7.11 Å². The van der Waals surface area contributed by atoms with Gasteiger partial charge in [-0.3, -0.25) is 11.3 Å². The molecule has 0 aliphatic carbocycles. The molecule has 0 aliphatic rings. The summed E-state index contributed by atoms with van der Waals surface area (Å²) in [6.07, 6.45) is 0. The number of halogens is 1. The van der Waals surface area contributed by atoms with Crippen molar-refractivity contribution in [1.82, 2.24) is 5.43 Å². The van der Waals surface area contributed by atoms with E-state index in [2.05, 4.69) is 5.43 Å². The molecule has 90 valence electrons. The molecule has 0 fully saturated rings. The van der Waals surface area contributed by atoms with Gasteiger partial charge in [0.15, 0.2) is 11.6 Å². The smallest absolute Gasteiger partial charge is 0.169 e. The molecule has 1 rings (SSSR count). The molecule has 1 aromatic rings. The van der Waals surface area contributed by atoms with Gasteiger partial charge in [0.2, 0.25) is 0 Å². The van der Waals surface area contributed by atoms with Gasteiger partial charge in [-0.1, -0.05) is 32.9 Å². The molecule has 0 aromatic heterocycles. The predicted octanol–water partition coefficient (Wildman–Crippen LogP) is 2.38. The first-order valence-corrected chi connectivity index (χ1v) is 5.20. The van der Waals surface area contributed by atoms with Crippen LogP contribution < -0.4 is 16.0 Å². The summed E-state index contributed by atoms with van der Waals surface area (Å²) in [5.41, 5.74) is 3.00. The van der Waals surface area contributed by atoms with Crippen molar-refractivity contribution in [2.24, 2.45) is 11.3 Å². The molecule has 0 aliphatic heterocycles. The molecule has 0 heterocycles. The Balaban J connectivity index is 3.21. The van der Waals surface area contributed by atoms with Crippen LogP contribution >= 0.6 is 0 Å². The van der Waals surface area contributed by atoms with Crippen LogP contribution in [0.2, 0.25) is 0 Å². The highest BCUT2D eigenvalue weighted by molar-refractivity contribution is 5.33. The van der Waals surface area contributed by atoms with E-state index in [1.807, 2.05) is 20.8 Å². The van der Waals surface area contributed by atoms with Crippen LogP contribution in [0.5, 0.6) is 5.75 Å². The molecule has 0 spiro atoms. The van der Waals surface area contributed by atoms with E-state index >= 15 is 0 Å². The van der Waals surface area contributed by atoms with Gasteiger partial charge in [-0.15, -0.1) is 0 Å². The van der Waals surface area contributed by atoms with Crippen LogP contribution in [0.1, 0.15) is 32.4 Å². The molecule has 1 unspecified atom stereocenters. The predicted molar refractivity (Wildman–Crippen MR) is 62.5 cm³/mol. The second-order valence-electron chi connectivity index (χ2n) is 4.83. The van der Waals surface area contributed by atoms with E-state index in [0.29, 0.717) is 5.56 Å². The maximum Gasteiger partial charge on any atom is 0.169 e. The number of nitrogens with one attached hydrogen (secondary N) is 1. The van der Waals surface area contributed by atoms with Gasteiger partial charge in [0.1, 0.15) is 0 Å². The van der Waals surface area contributed by atoms with Gasteiger partial charge >= 0.3 is 0 Å². The molecule has 0 saturated heterocycles. The lowest BCUT2D eigenvalue weighted by Gasteiger charge is -2.30. The van der Waals surface area contributed by atoms with E-state index in [4.69, 9.17) is 10.6 Å². The monoisotopic (exact) mass is 226 g/mol. The summed E-state index contributed by atoms with van der Waals surface area (Å²) in [5, 5.41) is 0. The standard InChI is InChI=1S/C12H19FN2O/c1-12(2,3)11(15-14)8-6-5-7-9(16-4)10(8)13/h5-7,11,15H,14H2,1-4H3. The van der Waals surface area contributed by atoms with E-state index in [1.165, 1.54) is 7.11 Å². The molecular weight excluding hydrogens is 207 g/mol. The zero-order chi connectivity index (χ0) is 12.3. The molecule has 0 bridgehead atoms. The average Bonchev–Trinajstić information content (AvgIpc) is 2.19. The van der Waals surface area contributed by atoms with Gasteiger partial charge in [0.25, 0.3) is 0 Å². The normalized spacial score (nSPS) is 13.6. The van der Waals surface area contributed by atoms with Crippen LogP contribution in [0.3, 0.4) is 0 Å². The number of nitrogens with two attached hydrogens (primary N) is 1. The zero-order valence-electron chi connectivity index (χ0n) is 10.2. The third-order valence-corrected chi connectivity index (χ3v) is 2.56. The molecule has 0 amide bonds. The summed E-state index contributed by atoms with van der Waals surface area (Å²) >= 11 is 0. The Morgan fingerprint density at radius 3 is 2.44 bits per heavy atom. The number of hydrazine groups is 1. The molecule has 3 N–H and O–H groups in total. The van der Waals surface area contributed by atoms with E-state index in [1.54, 1.807) is 18.2 Å². The van der Waals surface area contributed by atoms with Crippen molar-refractivity contribution in [1.29, 1.82) is 0 Å². The first-order chi connectivity index (χ1) is 7.41. The minimum Gasteiger partial charge on any atom is -0.494 e. The Kier molecular flexibility index (Phi) is 3.88. The highest BCUT2D eigenvalue weighted by atomic mass is 19.1. The van der Waals surface area contributed by atoms with Crippen LogP contribution in [0.25, 0.3) is 0 Å². The van der Waals surface area contributed by atoms with Gasteiger partial charge in [0.05, 0.1) is 13.2 Å². The summed E-state index contributed by atoms with van der Waals surface area (Å²) in [4.78, 5) is 0. The van der Waals surface area contributed by atoms with Crippen molar-refractivity contribution in [3.8, 4) is 5.75 Å². The van der Waals surface area contributed by atoms with Crippen molar-refractivity contribution in [3.05, 3.63) is 29.6 Å². The highest BCUT2D eigenvalue weighted by Crippen LogP contribution is 2.35. The van der Waals surface area contributed by atoms with Gasteiger partial charge in [-0.25, -0.2) is 4.39 Å². The number of methoxy groups -OCH3 is 1. The third kappa shape index (κ3) is 2.51. The Bertz CT molecular complexity index is 361. The Morgan fingerprint density at radius 2 is 2.00 bits per heavy atom. The van der Waals surface area contributed by atoms with Crippen LogP contribution in [-0.4, -0.2) is 7.11 Å². The molecule has 3 nitrogen and oxygen atoms in total. The lowest BCUT2D eigenvalue weighted by atomic mass is 9.82. The highest BCUT2D eigenvalue weighted by Gasteiger charge is 2.28.